The normalized spacial score (nSPS) is 12.9. The molecule has 7 nitrogen and oxygen atoms in total. The zero-order chi connectivity index (χ0) is 19.7. The van der Waals surface area contributed by atoms with Gasteiger partial charge in [0.05, 0.1) is 11.1 Å². The van der Waals surface area contributed by atoms with Crippen LogP contribution in [0.25, 0.3) is 0 Å². The lowest BCUT2D eigenvalue weighted by atomic mass is 10.0. The van der Waals surface area contributed by atoms with Crippen LogP contribution in [0, 0.1) is 13.8 Å². The number of carbonyl (C=O) groups is 3. The number of nitrogens with zero attached hydrogens (tertiary/aromatic N) is 1. The molecule has 0 fully saturated rings. The van der Waals surface area contributed by atoms with Crippen molar-refractivity contribution < 1.29 is 14.4 Å². The lowest BCUT2D eigenvalue weighted by Crippen LogP contribution is -2.29. The smallest absolute Gasteiger partial charge is 0.261 e. The summed E-state index contributed by atoms with van der Waals surface area (Å²) in [4.78, 5) is 52.8. The molecular formula is C20H19N3O4. The van der Waals surface area contributed by atoms with Gasteiger partial charge < -0.3 is 10.3 Å². The highest BCUT2D eigenvalue weighted by atomic mass is 16.2. The molecule has 0 atom stereocenters. The van der Waals surface area contributed by atoms with Crippen LogP contribution in [-0.4, -0.2) is 34.2 Å². The van der Waals surface area contributed by atoms with Crippen molar-refractivity contribution in [2.45, 2.75) is 20.4 Å². The minimum atomic E-state index is -0.449. The minimum absolute atomic E-state index is 0.0623. The summed E-state index contributed by atoms with van der Waals surface area (Å²) in [6.45, 7) is 7.30. The van der Waals surface area contributed by atoms with E-state index in [0.717, 1.165) is 16.2 Å². The number of rotatable bonds is 5. The molecule has 7 heteroatoms. The second-order valence-corrected chi connectivity index (χ2v) is 6.40. The predicted molar refractivity (Wildman–Crippen MR) is 99.7 cm³/mol. The van der Waals surface area contributed by atoms with Crippen molar-refractivity contribution in [3.05, 3.63) is 80.8 Å². The van der Waals surface area contributed by atoms with Gasteiger partial charge in [-0.1, -0.05) is 6.08 Å². The molecule has 0 spiro atoms. The maximum Gasteiger partial charge on any atom is 0.261 e. The highest BCUT2D eigenvalue weighted by Crippen LogP contribution is 2.24. The number of amides is 3. The Morgan fingerprint density at radius 1 is 1.15 bits per heavy atom. The van der Waals surface area contributed by atoms with E-state index < -0.39 is 17.7 Å². The van der Waals surface area contributed by atoms with Gasteiger partial charge in [0.1, 0.15) is 0 Å². The first-order chi connectivity index (χ1) is 12.8. The van der Waals surface area contributed by atoms with Gasteiger partial charge in [-0.05, 0) is 43.7 Å². The molecule has 0 saturated carbocycles. The molecule has 138 valence electrons. The molecule has 1 aliphatic rings. The van der Waals surface area contributed by atoms with E-state index >= 15 is 0 Å². The fourth-order valence-corrected chi connectivity index (χ4v) is 3.10. The number of aromatic amines is 1. The molecule has 0 radical (unpaired) electrons. The molecule has 1 aromatic heterocycles. The summed E-state index contributed by atoms with van der Waals surface area (Å²) in [5, 5.41) is 2.69. The van der Waals surface area contributed by atoms with Crippen molar-refractivity contribution in [1.82, 2.24) is 15.2 Å². The molecule has 2 aromatic rings. The highest BCUT2D eigenvalue weighted by molar-refractivity contribution is 6.22. The van der Waals surface area contributed by atoms with Crippen molar-refractivity contribution in [2.24, 2.45) is 0 Å². The topological polar surface area (TPSA) is 99.3 Å². The summed E-state index contributed by atoms with van der Waals surface area (Å²) in [6.07, 6.45) is 1.47. The number of hydrogen-bond acceptors (Lipinski definition) is 4. The van der Waals surface area contributed by atoms with E-state index in [1.165, 1.54) is 24.3 Å². The summed E-state index contributed by atoms with van der Waals surface area (Å²) < 4.78 is 0. The Morgan fingerprint density at radius 2 is 1.85 bits per heavy atom. The number of carbonyl (C=O) groups excluding carboxylic acids is 3. The highest BCUT2D eigenvalue weighted by Gasteiger charge is 2.35. The molecule has 2 N–H and O–H groups in total. The average Bonchev–Trinajstić information content (AvgIpc) is 2.85. The van der Waals surface area contributed by atoms with Crippen LogP contribution in [-0.2, 0) is 6.54 Å². The quantitative estimate of drug-likeness (QED) is 0.622. The van der Waals surface area contributed by atoms with Crippen LogP contribution in [0.2, 0.25) is 0 Å². The van der Waals surface area contributed by atoms with Gasteiger partial charge in [-0.3, -0.25) is 24.1 Å². The molecule has 0 saturated heterocycles. The Balaban J connectivity index is 1.80. The van der Waals surface area contributed by atoms with E-state index in [-0.39, 0.29) is 35.3 Å². The second kappa shape index (κ2) is 7.03. The van der Waals surface area contributed by atoms with Crippen molar-refractivity contribution in [2.75, 3.05) is 6.54 Å². The number of benzene rings is 1. The van der Waals surface area contributed by atoms with Gasteiger partial charge in [-0.15, -0.1) is 6.58 Å². The monoisotopic (exact) mass is 365 g/mol. The molecule has 0 bridgehead atoms. The molecule has 1 aromatic carbocycles. The Morgan fingerprint density at radius 3 is 2.52 bits per heavy atom. The Bertz CT molecular complexity index is 1040. The molecule has 27 heavy (non-hydrogen) atoms. The number of pyridine rings is 1. The number of nitrogens with one attached hydrogen (secondary N) is 2. The van der Waals surface area contributed by atoms with E-state index in [9.17, 15) is 19.2 Å². The van der Waals surface area contributed by atoms with E-state index in [1.807, 2.05) is 6.07 Å². The van der Waals surface area contributed by atoms with Gasteiger partial charge in [-0.2, -0.15) is 0 Å². The van der Waals surface area contributed by atoms with Crippen molar-refractivity contribution >= 4 is 17.7 Å². The second-order valence-electron chi connectivity index (χ2n) is 6.40. The third-order valence-corrected chi connectivity index (χ3v) is 4.46. The fraction of sp³-hybridized carbons (Fsp3) is 0.200. The lowest BCUT2D eigenvalue weighted by molar-refractivity contribution is 0.0672. The third kappa shape index (κ3) is 3.31. The van der Waals surface area contributed by atoms with Crippen LogP contribution in [0.4, 0.5) is 0 Å². The van der Waals surface area contributed by atoms with Crippen LogP contribution < -0.4 is 10.9 Å². The van der Waals surface area contributed by atoms with Gasteiger partial charge in [0.15, 0.2) is 0 Å². The van der Waals surface area contributed by atoms with E-state index in [4.69, 9.17) is 0 Å². The third-order valence-electron chi connectivity index (χ3n) is 4.46. The zero-order valence-electron chi connectivity index (χ0n) is 15.1. The summed E-state index contributed by atoms with van der Waals surface area (Å²) in [5.41, 5.74) is 2.46. The summed E-state index contributed by atoms with van der Waals surface area (Å²) >= 11 is 0. The lowest BCUT2D eigenvalue weighted by Gasteiger charge is -2.09. The van der Waals surface area contributed by atoms with Crippen LogP contribution >= 0.6 is 0 Å². The largest absolute Gasteiger partial charge is 0.348 e. The maximum absolute atomic E-state index is 12.5. The van der Waals surface area contributed by atoms with Gasteiger partial charge in [-0.25, -0.2) is 0 Å². The van der Waals surface area contributed by atoms with E-state index in [1.54, 1.807) is 13.8 Å². The first kappa shape index (κ1) is 18.3. The van der Waals surface area contributed by atoms with Crippen molar-refractivity contribution in [3.8, 4) is 0 Å². The molecule has 0 unspecified atom stereocenters. The van der Waals surface area contributed by atoms with E-state index in [2.05, 4.69) is 16.9 Å². The minimum Gasteiger partial charge on any atom is -0.348 e. The standard InChI is InChI=1S/C20H19N3O4/c1-4-7-23-19(26)14-6-5-13(9-15(14)20(23)27)17(24)21-10-16-11(2)8-12(3)22-18(16)25/h4-6,8-9H,1,7,10H2,2-3H3,(H,21,24)(H,22,25). The summed E-state index contributed by atoms with van der Waals surface area (Å²) in [7, 11) is 0. The number of fused-ring (bicyclic) bond motifs is 1. The number of imide groups is 1. The molecule has 3 rings (SSSR count). The van der Waals surface area contributed by atoms with Crippen LogP contribution in [0.3, 0.4) is 0 Å². The zero-order valence-corrected chi connectivity index (χ0v) is 15.1. The molecular weight excluding hydrogens is 346 g/mol. The predicted octanol–water partition coefficient (Wildman–Crippen LogP) is 1.70. The number of aromatic nitrogens is 1. The molecule has 3 amide bonds. The molecule has 2 heterocycles. The van der Waals surface area contributed by atoms with Crippen LogP contribution in [0.15, 0.2) is 41.7 Å². The van der Waals surface area contributed by atoms with Gasteiger partial charge in [0.25, 0.3) is 23.3 Å². The first-order valence-corrected chi connectivity index (χ1v) is 8.42. The Labute approximate surface area is 155 Å². The van der Waals surface area contributed by atoms with Crippen LogP contribution in [0.5, 0.6) is 0 Å². The van der Waals surface area contributed by atoms with E-state index in [0.29, 0.717) is 5.56 Å². The van der Waals surface area contributed by atoms with Gasteiger partial charge >= 0.3 is 0 Å². The number of hydrogen-bond donors (Lipinski definition) is 2. The Hall–Kier alpha value is -3.48. The summed E-state index contributed by atoms with van der Waals surface area (Å²) in [5.74, 6) is -1.28. The van der Waals surface area contributed by atoms with Crippen LogP contribution in [0.1, 0.15) is 47.9 Å². The maximum atomic E-state index is 12.5. The van der Waals surface area contributed by atoms with Crippen molar-refractivity contribution in [3.63, 3.8) is 0 Å². The van der Waals surface area contributed by atoms with Gasteiger partial charge in [0, 0.05) is 29.9 Å². The Kier molecular flexibility index (Phi) is 4.77. The van der Waals surface area contributed by atoms with Gasteiger partial charge in [0.2, 0.25) is 0 Å². The first-order valence-electron chi connectivity index (χ1n) is 8.42. The SMILES string of the molecule is C=CCN1C(=O)c2ccc(C(=O)NCc3c(C)cc(C)[nH]c3=O)cc2C1=O. The molecule has 0 aliphatic carbocycles. The summed E-state index contributed by atoms with van der Waals surface area (Å²) in [6, 6.07) is 6.19. The number of aryl methyl sites for hydroxylation is 2. The van der Waals surface area contributed by atoms with Crippen molar-refractivity contribution in [1.29, 1.82) is 0 Å². The fourth-order valence-electron chi connectivity index (χ4n) is 3.10. The average molecular weight is 365 g/mol. The number of H-pyrrole nitrogens is 1. The molecule has 1 aliphatic heterocycles.